The van der Waals surface area contributed by atoms with Crippen molar-refractivity contribution in [3.8, 4) is 5.75 Å². The summed E-state index contributed by atoms with van der Waals surface area (Å²) in [6.45, 7) is 3.93. The number of fused-ring (bicyclic) bond motifs is 1. The van der Waals surface area contributed by atoms with Crippen LogP contribution in [0.3, 0.4) is 0 Å². The number of unbranched alkanes of at least 4 members (excludes halogenated alkanes) is 1. The summed E-state index contributed by atoms with van der Waals surface area (Å²) in [5.74, 6) is 0.743. The number of nitrogens with one attached hydrogen (secondary N) is 2. The van der Waals surface area contributed by atoms with Crippen LogP contribution < -0.4 is 15.4 Å². The number of benzene rings is 1. The van der Waals surface area contributed by atoms with Crippen LogP contribution in [0.2, 0.25) is 0 Å². The Morgan fingerprint density at radius 1 is 1.17 bits per heavy atom. The molecule has 156 valence electrons. The smallest absolute Gasteiger partial charge is 0.287 e. The van der Waals surface area contributed by atoms with Crippen molar-refractivity contribution in [3.05, 3.63) is 47.0 Å². The number of methoxy groups -OCH3 is 1. The zero-order valence-corrected chi connectivity index (χ0v) is 17.3. The van der Waals surface area contributed by atoms with Crippen molar-refractivity contribution >= 4 is 11.8 Å². The number of amides is 2. The molecule has 29 heavy (non-hydrogen) atoms. The average Bonchev–Trinajstić information content (AvgIpc) is 3.14. The fourth-order valence-corrected chi connectivity index (χ4v) is 3.59. The Morgan fingerprint density at radius 2 is 2.00 bits per heavy atom. The lowest BCUT2D eigenvalue weighted by molar-refractivity contribution is 0.0937. The summed E-state index contributed by atoms with van der Waals surface area (Å²) in [6.07, 6.45) is 5.41. The Hall–Kier alpha value is -2.83. The molecule has 0 unspecified atom stereocenters. The van der Waals surface area contributed by atoms with Crippen LogP contribution in [0, 0.1) is 0 Å². The summed E-state index contributed by atoms with van der Waals surface area (Å²) in [5, 5.41) is 5.86. The highest BCUT2D eigenvalue weighted by molar-refractivity contribution is 5.97. The summed E-state index contributed by atoms with van der Waals surface area (Å²) < 4.78 is 7.15. The van der Waals surface area contributed by atoms with E-state index in [-0.39, 0.29) is 11.8 Å². The Morgan fingerprint density at radius 3 is 2.79 bits per heavy atom. The van der Waals surface area contributed by atoms with E-state index < -0.39 is 0 Å². The van der Waals surface area contributed by atoms with Crippen molar-refractivity contribution in [2.75, 3.05) is 20.2 Å². The van der Waals surface area contributed by atoms with Gasteiger partial charge in [-0.25, -0.2) is 4.98 Å². The lowest BCUT2D eigenvalue weighted by atomic mass is 10.1. The maximum Gasteiger partial charge on any atom is 0.287 e. The van der Waals surface area contributed by atoms with Crippen molar-refractivity contribution < 1.29 is 14.3 Å². The largest absolute Gasteiger partial charge is 0.497 e. The van der Waals surface area contributed by atoms with Crippen LogP contribution in [0.15, 0.2) is 24.3 Å². The third-order valence-corrected chi connectivity index (χ3v) is 5.19. The van der Waals surface area contributed by atoms with Crippen molar-refractivity contribution in [3.63, 3.8) is 0 Å². The maximum absolute atomic E-state index is 12.8. The van der Waals surface area contributed by atoms with Gasteiger partial charge in [0.25, 0.3) is 11.8 Å². The molecule has 0 saturated heterocycles. The normalized spacial score (nSPS) is 12.9. The van der Waals surface area contributed by atoms with Gasteiger partial charge in [0, 0.05) is 19.6 Å². The van der Waals surface area contributed by atoms with Gasteiger partial charge in [-0.3, -0.25) is 9.59 Å². The predicted molar refractivity (Wildman–Crippen MR) is 111 cm³/mol. The van der Waals surface area contributed by atoms with Gasteiger partial charge in [-0.05, 0) is 49.8 Å². The highest BCUT2D eigenvalue weighted by Gasteiger charge is 2.27. The van der Waals surface area contributed by atoms with Gasteiger partial charge in [0.1, 0.15) is 11.4 Å². The van der Waals surface area contributed by atoms with Crippen LogP contribution in [-0.4, -0.2) is 41.6 Å². The first kappa shape index (κ1) is 20.9. The zero-order valence-electron chi connectivity index (χ0n) is 17.3. The molecule has 0 atom stereocenters. The van der Waals surface area contributed by atoms with E-state index in [0.717, 1.165) is 55.7 Å². The van der Waals surface area contributed by atoms with E-state index in [0.29, 0.717) is 31.0 Å². The van der Waals surface area contributed by atoms with Crippen molar-refractivity contribution in [2.24, 2.45) is 0 Å². The van der Waals surface area contributed by atoms with Crippen molar-refractivity contribution in [1.29, 1.82) is 0 Å². The van der Waals surface area contributed by atoms with Gasteiger partial charge in [-0.15, -0.1) is 0 Å². The summed E-state index contributed by atoms with van der Waals surface area (Å²) in [4.78, 5) is 29.8. The van der Waals surface area contributed by atoms with Gasteiger partial charge < -0.3 is 19.9 Å². The number of hydrogen-bond donors (Lipinski definition) is 2. The molecule has 2 heterocycles. The number of rotatable bonds is 9. The van der Waals surface area contributed by atoms with Gasteiger partial charge in [0.15, 0.2) is 5.82 Å². The fourth-order valence-electron chi connectivity index (χ4n) is 3.59. The summed E-state index contributed by atoms with van der Waals surface area (Å²) >= 11 is 0. The van der Waals surface area contributed by atoms with Crippen molar-refractivity contribution in [2.45, 2.75) is 52.0 Å². The summed E-state index contributed by atoms with van der Waals surface area (Å²) in [6, 6.07) is 7.80. The first-order valence-corrected chi connectivity index (χ1v) is 10.4. The molecule has 0 fully saturated rings. The van der Waals surface area contributed by atoms with Gasteiger partial charge in [-0.1, -0.05) is 25.5 Å². The minimum atomic E-state index is -0.217. The quantitative estimate of drug-likeness (QED) is 0.636. The van der Waals surface area contributed by atoms with E-state index in [1.165, 1.54) is 0 Å². The molecule has 1 aromatic heterocycles. The predicted octanol–water partition coefficient (Wildman–Crippen LogP) is 2.73. The summed E-state index contributed by atoms with van der Waals surface area (Å²) in [7, 11) is 1.64. The standard InChI is InChI=1S/C22H30N4O3/c1-3-4-12-23-22(28)20-25-19(18-10-5-6-14-26(18)20)21(27)24-13-11-16-8-7-9-17(15-16)29-2/h7-9,15H,3-6,10-14H2,1-2H3,(H,23,28)(H,24,27). The van der Waals surface area contributed by atoms with Gasteiger partial charge in [-0.2, -0.15) is 0 Å². The second-order valence-corrected chi connectivity index (χ2v) is 7.31. The molecule has 2 amide bonds. The van der Waals surface area contributed by atoms with Crippen LogP contribution in [0.5, 0.6) is 5.75 Å². The maximum atomic E-state index is 12.8. The van der Waals surface area contributed by atoms with Crippen LogP contribution >= 0.6 is 0 Å². The first-order valence-electron chi connectivity index (χ1n) is 10.4. The van der Waals surface area contributed by atoms with Gasteiger partial charge in [0.2, 0.25) is 0 Å². The first-order chi connectivity index (χ1) is 14.1. The van der Waals surface area contributed by atoms with E-state index >= 15 is 0 Å². The third kappa shape index (κ3) is 5.16. The van der Waals surface area contributed by atoms with E-state index in [4.69, 9.17) is 4.74 Å². The molecule has 1 aliphatic rings. The summed E-state index contributed by atoms with van der Waals surface area (Å²) in [5.41, 5.74) is 2.35. The molecule has 0 bridgehead atoms. The third-order valence-electron chi connectivity index (χ3n) is 5.19. The molecule has 2 aromatic rings. The van der Waals surface area contributed by atoms with Gasteiger partial charge in [0.05, 0.1) is 12.8 Å². The topological polar surface area (TPSA) is 85.2 Å². The Balaban J connectivity index is 1.67. The van der Waals surface area contributed by atoms with Crippen LogP contribution in [0.1, 0.15) is 65.0 Å². The van der Waals surface area contributed by atoms with E-state index in [2.05, 4.69) is 22.5 Å². The Labute approximate surface area is 171 Å². The second-order valence-electron chi connectivity index (χ2n) is 7.31. The van der Waals surface area contributed by atoms with Crippen molar-refractivity contribution in [1.82, 2.24) is 20.2 Å². The van der Waals surface area contributed by atoms with E-state index in [1.807, 2.05) is 28.8 Å². The van der Waals surface area contributed by atoms with E-state index in [9.17, 15) is 9.59 Å². The van der Waals surface area contributed by atoms with Crippen LogP contribution in [0.4, 0.5) is 0 Å². The number of aromatic nitrogens is 2. The molecular formula is C22H30N4O3. The van der Waals surface area contributed by atoms with Gasteiger partial charge >= 0.3 is 0 Å². The second kappa shape index (κ2) is 10.1. The molecule has 0 aliphatic carbocycles. The minimum absolute atomic E-state index is 0.197. The molecule has 0 saturated carbocycles. The van der Waals surface area contributed by atoms with Crippen LogP contribution in [-0.2, 0) is 19.4 Å². The lowest BCUT2D eigenvalue weighted by Crippen LogP contribution is -2.28. The molecular weight excluding hydrogens is 368 g/mol. The average molecular weight is 399 g/mol. The molecule has 7 nitrogen and oxygen atoms in total. The Kier molecular flexibility index (Phi) is 7.27. The fraction of sp³-hybridized carbons (Fsp3) is 0.500. The number of carbonyl (C=O) groups is 2. The van der Waals surface area contributed by atoms with Crippen LogP contribution in [0.25, 0.3) is 0 Å². The Bertz CT molecular complexity index is 860. The number of ether oxygens (including phenoxy) is 1. The SMILES string of the molecule is CCCCNC(=O)c1nc(C(=O)NCCc2cccc(OC)c2)c2n1CCCC2. The zero-order chi connectivity index (χ0) is 20.6. The number of carbonyl (C=O) groups excluding carboxylic acids is 2. The molecule has 1 aliphatic heterocycles. The molecule has 2 N–H and O–H groups in total. The highest BCUT2D eigenvalue weighted by Crippen LogP contribution is 2.21. The molecule has 0 spiro atoms. The highest BCUT2D eigenvalue weighted by atomic mass is 16.5. The lowest BCUT2D eigenvalue weighted by Gasteiger charge is -2.17. The molecule has 3 rings (SSSR count). The monoisotopic (exact) mass is 398 g/mol. The number of imidazole rings is 1. The number of nitrogens with zero attached hydrogens (tertiary/aromatic N) is 2. The molecule has 0 radical (unpaired) electrons. The molecule has 1 aromatic carbocycles. The van der Waals surface area contributed by atoms with E-state index in [1.54, 1.807) is 7.11 Å². The molecule has 7 heteroatoms. The minimum Gasteiger partial charge on any atom is -0.497 e. The number of hydrogen-bond acceptors (Lipinski definition) is 4.